The van der Waals surface area contributed by atoms with E-state index in [-0.39, 0.29) is 54.4 Å². The molecule has 1 aromatic heterocycles. The molecule has 17 nitrogen and oxygen atoms in total. The van der Waals surface area contributed by atoms with Gasteiger partial charge in [-0.25, -0.2) is 0 Å². The summed E-state index contributed by atoms with van der Waals surface area (Å²) in [5, 5.41) is 11.8. The summed E-state index contributed by atoms with van der Waals surface area (Å²) in [6.07, 6.45) is 3.52. The lowest BCUT2D eigenvalue weighted by Gasteiger charge is -2.37. The highest BCUT2D eigenvalue weighted by Gasteiger charge is 2.45. The van der Waals surface area contributed by atoms with Gasteiger partial charge in [0.1, 0.15) is 6.04 Å². The van der Waals surface area contributed by atoms with Crippen LogP contribution in [0.1, 0.15) is 104 Å². The Balaban J connectivity index is 0.802. The summed E-state index contributed by atoms with van der Waals surface area (Å²) in [4.78, 5) is 101. The van der Waals surface area contributed by atoms with Crippen LogP contribution in [-0.2, 0) is 32.2 Å². The fourth-order valence-corrected chi connectivity index (χ4v) is 10.2. The number of nitrogens with zero attached hydrogens (tertiary/aromatic N) is 4. The zero-order valence-corrected chi connectivity index (χ0v) is 40.7. The van der Waals surface area contributed by atoms with Gasteiger partial charge >= 0.3 is 0 Å². The number of carbonyl (C=O) groups excluding carboxylic acids is 6. The van der Waals surface area contributed by atoms with Gasteiger partial charge in [0.15, 0.2) is 0 Å². The second-order valence-electron chi connectivity index (χ2n) is 18.8. The number of hydrogen-bond donors (Lipinski definition) is 5. The van der Waals surface area contributed by atoms with Gasteiger partial charge in [-0.2, -0.15) is 0 Å². The number of carbonyl (C=O) groups is 6. The first-order valence-electron chi connectivity index (χ1n) is 24.7. The first kappa shape index (κ1) is 49.7. The quantitative estimate of drug-likeness (QED) is 0.0695. The third kappa shape index (κ3) is 11.2. The molecule has 5 N–H and O–H groups in total. The number of fused-ring (bicyclic) bond motifs is 1. The van der Waals surface area contributed by atoms with Crippen LogP contribution in [0.15, 0.2) is 65.5 Å². The summed E-state index contributed by atoms with van der Waals surface area (Å²) in [6, 6.07) is 18.9. The van der Waals surface area contributed by atoms with Crippen LogP contribution < -0.4 is 31.7 Å². The number of piperazine rings is 1. The number of imide groups is 2. The van der Waals surface area contributed by atoms with E-state index in [0.717, 1.165) is 96.0 Å². The zero-order valence-electron chi connectivity index (χ0n) is 40.7. The van der Waals surface area contributed by atoms with Crippen LogP contribution in [0.3, 0.4) is 0 Å². The summed E-state index contributed by atoms with van der Waals surface area (Å²) >= 11 is 0. The molecule has 8 rings (SSSR count). The molecule has 3 aromatic carbocycles. The first-order valence-corrected chi connectivity index (χ1v) is 24.7. The van der Waals surface area contributed by atoms with Gasteiger partial charge in [-0.05, 0) is 124 Å². The Hall–Kier alpha value is -6.69. The maximum atomic E-state index is 14.0. The minimum Gasteiger partial charge on any atom is -0.384 e. The number of rotatable bonds is 18. The molecule has 5 heterocycles. The molecule has 370 valence electrons. The third-order valence-electron chi connectivity index (χ3n) is 14.1. The fraction of sp³-hybridized carbons (Fsp3) is 0.453. The van der Waals surface area contributed by atoms with Crippen LogP contribution >= 0.6 is 0 Å². The molecule has 4 aromatic rings. The molecular weight excluding hydrogens is 891 g/mol. The van der Waals surface area contributed by atoms with Crippen LogP contribution in [0.2, 0.25) is 0 Å². The smallest absolute Gasteiger partial charge is 0.264 e. The van der Waals surface area contributed by atoms with Gasteiger partial charge in [0.25, 0.3) is 23.3 Å². The molecule has 1 atom stereocenters. The lowest BCUT2D eigenvalue weighted by Crippen LogP contribution is -2.54. The predicted molar refractivity (Wildman–Crippen MR) is 267 cm³/mol. The van der Waals surface area contributed by atoms with E-state index in [9.17, 15) is 33.6 Å². The van der Waals surface area contributed by atoms with Crippen molar-refractivity contribution in [2.75, 3.05) is 75.8 Å². The maximum absolute atomic E-state index is 14.0. The zero-order chi connectivity index (χ0) is 49.5. The number of benzene rings is 3. The SMILES string of the molecule is CCN(c1cc(-c2ccc(CN3CCN(C(=O)CNCCCCNc4cccc5c4C(=O)N(C4CCC(=O)NC4=O)C5=O)CC3)cc2)cc(C(=O)NCc2c(C)cc(C)[nH]c2=O)c1C)C1CCOCC1. The van der Waals surface area contributed by atoms with Crippen molar-refractivity contribution in [2.24, 2.45) is 0 Å². The minimum absolute atomic E-state index is 0.0620. The Morgan fingerprint density at radius 2 is 1.59 bits per heavy atom. The van der Waals surface area contributed by atoms with Gasteiger partial charge in [-0.1, -0.05) is 30.3 Å². The molecule has 4 aliphatic heterocycles. The van der Waals surface area contributed by atoms with Crippen LogP contribution in [0, 0.1) is 20.8 Å². The van der Waals surface area contributed by atoms with E-state index in [0.29, 0.717) is 62.2 Å². The van der Waals surface area contributed by atoms with Gasteiger partial charge in [-0.3, -0.25) is 48.7 Å². The number of anilines is 2. The molecule has 0 radical (unpaired) electrons. The standard InChI is InChI=1S/C53H65N9O8/c1-5-61(39-17-25-70-26-18-39)45-29-38(28-41(35(45)4)49(65)56-30-42-33(2)27-34(3)57-50(42)66)37-13-11-36(12-14-37)32-59-21-23-60(24-22-59)47(64)31-54-19-6-7-20-55-43-10-8-9-40-48(43)53(69)62(52(40)68)44-15-16-46(63)58-51(44)67/h8-14,27-29,39,44,54-55H,5-7,15-26,30-32H2,1-4H3,(H,56,65)(H,57,66)(H,58,63,67). The Morgan fingerprint density at radius 3 is 2.30 bits per heavy atom. The first-order chi connectivity index (χ1) is 33.8. The molecule has 17 heteroatoms. The molecule has 0 saturated carbocycles. The van der Waals surface area contributed by atoms with Crippen molar-refractivity contribution in [3.63, 3.8) is 0 Å². The van der Waals surface area contributed by atoms with Crippen molar-refractivity contribution in [1.82, 2.24) is 35.6 Å². The van der Waals surface area contributed by atoms with E-state index < -0.39 is 29.7 Å². The van der Waals surface area contributed by atoms with E-state index in [1.54, 1.807) is 18.2 Å². The van der Waals surface area contributed by atoms with Crippen LogP contribution in [0.5, 0.6) is 0 Å². The number of nitrogens with one attached hydrogen (secondary N) is 5. The largest absolute Gasteiger partial charge is 0.384 e. The molecule has 1 unspecified atom stereocenters. The van der Waals surface area contributed by atoms with Crippen LogP contribution in [0.25, 0.3) is 11.1 Å². The Bertz CT molecular complexity index is 2690. The topological polar surface area (TPSA) is 206 Å². The molecule has 0 spiro atoms. The highest BCUT2D eigenvalue weighted by atomic mass is 16.5. The molecule has 70 heavy (non-hydrogen) atoms. The average molecular weight is 956 g/mol. The minimum atomic E-state index is -1.02. The second-order valence-corrected chi connectivity index (χ2v) is 18.8. The van der Waals surface area contributed by atoms with Crippen LogP contribution in [-0.4, -0.2) is 133 Å². The van der Waals surface area contributed by atoms with Gasteiger partial charge in [0, 0.05) is 106 Å². The van der Waals surface area contributed by atoms with Gasteiger partial charge in [0.2, 0.25) is 17.7 Å². The van der Waals surface area contributed by atoms with Crippen molar-refractivity contribution < 1.29 is 33.5 Å². The molecule has 0 aliphatic carbocycles. The number of piperidine rings is 1. The lowest BCUT2D eigenvalue weighted by atomic mass is 9.94. The van der Waals surface area contributed by atoms with E-state index in [4.69, 9.17) is 4.74 Å². The van der Waals surface area contributed by atoms with Crippen molar-refractivity contribution in [3.05, 3.63) is 116 Å². The van der Waals surface area contributed by atoms with Gasteiger partial charge < -0.3 is 35.5 Å². The molecular formula is C53H65N9O8. The Morgan fingerprint density at radius 1 is 0.843 bits per heavy atom. The number of unbranched alkanes of at least 4 members (excludes halogenated alkanes) is 1. The van der Waals surface area contributed by atoms with E-state index >= 15 is 0 Å². The van der Waals surface area contributed by atoms with Crippen molar-refractivity contribution in [3.8, 4) is 11.1 Å². The monoisotopic (exact) mass is 955 g/mol. The van der Waals surface area contributed by atoms with E-state index in [1.807, 2.05) is 37.8 Å². The summed E-state index contributed by atoms with van der Waals surface area (Å²) in [7, 11) is 0. The number of H-pyrrole nitrogens is 1. The second kappa shape index (κ2) is 22.4. The van der Waals surface area contributed by atoms with E-state index in [1.165, 1.54) is 0 Å². The van der Waals surface area contributed by atoms with Crippen LogP contribution in [0.4, 0.5) is 11.4 Å². The van der Waals surface area contributed by atoms with Crippen molar-refractivity contribution in [1.29, 1.82) is 0 Å². The number of aromatic nitrogens is 1. The number of pyridine rings is 1. The van der Waals surface area contributed by atoms with Crippen molar-refractivity contribution >= 4 is 46.8 Å². The summed E-state index contributed by atoms with van der Waals surface area (Å²) < 4.78 is 5.70. The number of hydrogen-bond acceptors (Lipinski definition) is 12. The normalized spacial score (nSPS) is 17.7. The average Bonchev–Trinajstić information content (AvgIpc) is 3.60. The Kier molecular flexibility index (Phi) is 15.9. The lowest BCUT2D eigenvalue weighted by molar-refractivity contribution is -0.136. The third-order valence-corrected chi connectivity index (χ3v) is 14.1. The molecule has 0 bridgehead atoms. The molecule has 3 saturated heterocycles. The highest BCUT2D eigenvalue weighted by molar-refractivity contribution is 6.25. The summed E-state index contributed by atoms with van der Waals surface area (Å²) in [6.45, 7) is 15.2. The number of ether oxygens (including phenoxy) is 1. The summed E-state index contributed by atoms with van der Waals surface area (Å²) in [5.41, 5.74) is 8.56. The maximum Gasteiger partial charge on any atom is 0.264 e. The summed E-state index contributed by atoms with van der Waals surface area (Å²) in [5.74, 6) is -2.30. The van der Waals surface area contributed by atoms with Gasteiger partial charge in [-0.15, -0.1) is 0 Å². The fourth-order valence-electron chi connectivity index (χ4n) is 10.2. The van der Waals surface area contributed by atoms with Gasteiger partial charge in [0.05, 0.1) is 17.7 Å². The highest BCUT2D eigenvalue weighted by Crippen LogP contribution is 2.35. The number of aryl methyl sites for hydroxylation is 2. The van der Waals surface area contributed by atoms with Crippen molar-refractivity contribution in [2.45, 2.75) is 91.4 Å². The Labute approximate surface area is 408 Å². The van der Waals surface area contributed by atoms with E-state index in [2.05, 4.69) is 73.3 Å². The number of aromatic amines is 1. The molecule has 3 fully saturated rings. The molecule has 6 amide bonds. The molecule has 4 aliphatic rings. The number of amides is 6. The predicted octanol–water partition coefficient (Wildman–Crippen LogP) is 4.43.